The monoisotopic (exact) mass is 339 g/mol. The van der Waals surface area contributed by atoms with Gasteiger partial charge in [-0.15, -0.1) is 0 Å². The molecule has 1 aromatic rings. The molecule has 12 heteroatoms. The Morgan fingerprint density at radius 2 is 1.42 bits per heavy atom. The molecule has 0 N–H and O–H groups in total. The predicted octanol–water partition coefficient (Wildman–Crippen LogP) is 2.32. The quantitative estimate of drug-likeness (QED) is 0.605. The van der Waals surface area contributed by atoms with Crippen molar-refractivity contribution in [1.82, 2.24) is 0 Å². The lowest BCUT2D eigenvalue weighted by atomic mass is 10.2. The topological polar surface area (TPSA) is 139 Å². The highest BCUT2D eigenvalue weighted by atomic mass is 79.9. The van der Waals surface area contributed by atoms with Crippen molar-refractivity contribution >= 4 is 33.0 Å². The Morgan fingerprint density at radius 1 is 1.00 bits per heavy atom. The van der Waals surface area contributed by atoms with E-state index < -0.39 is 47.9 Å². The zero-order valence-electron chi connectivity index (χ0n) is 8.96. The standard InChI is InChI=1S/C7H3BrFN3O7/c1-19-7-5(11(15)16)2(8)4(10(13)14)3(9)6(7)12(17)18/h1H3. The number of ether oxygens (including phenoxy) is 1. The summed E-state index contributed by atoms with van der Waals surface area (Å²) in [5.41, 5.74) is -3.97. The van der Waals surface area contributed by atoms with Gasteiger partial charge in [-0.3, -0.25) is 30.3 Å². The van der Waals surface area contributed by atoms with Crippen molar-refractivity contribution in [2.24, 2.45) is 0 Å². The number of hydrogen-bond donors (Lipinski definition) is 0. The van der Waals surface area contributed by atoms with Crippen molar-refractivity contribution in [1.29, 1.82) is 0 Å². The molecule has 0 heterocycles. The van der Waals surface area contributed by atoms with E-state index in [0.717, 1.165) is 7.11 Å². The van der Waals surface area contributed by atoms with E-state index in [1.807, 2.05) is 0 Å². The van der Waals surface area contributed by atoms with Crippen LogP contribution in [0.2, 0.25) is 0 Å². The molecule has 0 aliphatic heterocycles. The second-order valence-electron chi connectivity index (χ2n) is 2.98. The molecule has 0 radical (unpaired) electrons. The van der Waals surface area contributed by atoms with Gasteiger partial charge >= 0.3 is 17.1 Å². The maximum absolute atomic E-state index is 13.7. The van der Waals surface area contributed by atoms with Gasteiger partial charge < -0.3 is 4.74 Å². The van der Waals surface area contributed by atoms with Crippen molar-refractivity contribution < 1.29 is 23.9 Å². The van der Waals surface area contributed by atoms with Gasteiger partial charge in [-0.05, 0) is 15.9 Å². The third-order valence-electron chi connectivity index (χ3n) is 2.01. The van der Waals surface area contributed by atoms with Gasteiger partial charge in [0.05, 0.1) is 21.9 Å². The number of nitro groups is 3. The summed E-state index contributed by atoms with van der Waals surface area (Å²) in [7, 11) is 0.840. The number of nitro benzene ring substituents is 3. The molecule has 0 spiro atoms. The average Bonchev–Trinajstić information content (AvgIpc) is 2.25. The Labute approximate surface area is 111 Å². The van der Waals surface area contributed by atoms with Crippen molar-refractivity contribution in [3.05, 3.63) is 40.6 Å². The van der Waals surface area contributed by atoms with Crippen LogP contribution in [-0.4, -0.2) is 21.9 Å². The first-order valence-corrected chi connectivity index (χ1v) is 5.05. The molecule has 0 atom stereocenters. The van der Waals surface area contributed by atoms with Gasteiger partial charge in [0, 0.05) is 0 Å². The minimum Gasteiger partial charge on any atom is -0.485 e. The second-order valence-corrected chi connectivity index (χ2v) is 3.77. The van der Waals surface area contributed by atoms with E-state index in [1.165, 1.54) is 0 Å². The summed E-state index contributed by atoms with van der Waals surface area (Å²) in [6.45, 7) is 0. The van der Waals surface area contributed by atoms with E-state index in [0.29, 0.717) is 0 Å². The van der Waals surface area contributed by atoms with Crippen LogP contribution < -0.4 is 4.74 Å². The molecule has 0 amide bonds. The first-order chi connectivity index (χ1) is 8.73. The van der Waals surface area contributed by atoms with Crippen LogP contribution in [0.5, 0.6) is 5.75 Å². The Morgan fingerprint density at radius 3 is 1.74 bits per heavy atom. The van der Waals surface area contributed by atoms with Gasteiger partial charge in [-0.25, -0.2) is 0 Å². The lowest BCUT2D eigenvalue weighted by molar-refractivity contribution is -0.409. The van der Waals surface area contributed by atoms with Crippen LogP contribution in [0.3, 0.4) is 0 Å². The normalized spacial score (nSPS) is 10.1. The number of nitrogens with zero attached hydrogens (tertiary/aromatic N) is 3. The highest BCUT2D eigenvalue weighted by Crippen LogP contribution is 2.49. The third-order valence-corrected chi connectivity index (χ3v) is 2.76. The summed E-state index contributed by atoms with van der Waals surface area (Å²) in [6, 6.07) is 0. The molecule has 10 nitrogen and oxygen atoms in total. The summed E-state index contributed by atoms with van der Waals surface area (Å²) in [6.07, 6.45) is 0. The lowest BCUT2D eigenvalue weighted by Crippen LogP contribution is -2.06. The third kappa shape index (κ3) is 2.29. The molecule has 0 fully saturated rings. The number of rotatable bonds is 4. The van der Waals surface area contributed by atoms with Crippen molar-refractivity contribution in [2.75, 3.05) is 7.11 Å². The molecule has 0 saturated heterocycles. The first kappa shape index (κ1) is 14.7. The van der Waals surface area contributed by atoms with Crippen LogP contribution >= 0.6 is 15.9 Å². The van der Waals surface area contributed by atoms with Crippen molar-refractivity contribution in [3.63, 3.8) is 0 Å². The Kier molecular flexibility index (Phi) is 3.94. The van der Waals surface area contributed by atoms with Crippen LogP contribution in [0.1, 0.15) is 0 Å². The zero-order valence-corrected chi connectivity index (χ0v) is 10.5. The number of benzene rings is 1. The smallest absolute Gasteiger partial charge is 0.360 e. The van der Waals surface area contributed by atoms with Crippen molar-refractivity contribution in [2.45, 2.75) is 0 Å². The van der Waals surface area contributed by atoms with E-state index >= 15 is 0 Å². The van der Waals surface area contributed by atoms with E-state index in [2.05, 4.69) is 20.7 Å². The molecule has 19 heavy (non-hydrogen) atoms. The molecular formula is C7H3BrFN3O7. The SMILES string of the molecule is COc1c([N+](=O)[O-])c(F)c([N+](=O)[O-])c(Br)c1[N+](=O)[O-]. The number of halogens is 2. The highest BCUT2D eigenvalue weighted by Gasteiger charge is 2.42. The zero-order chi connectivity index (χ0) is 14.9. The average molecular weight is 340 g/mol. The second kappa shape index (κ2) is 5.09. The molecule has 0 aromatic heterocycles. The maximum Gasteiger partial charge on any atom is 0.360 e. The van der Waals surface area contributed by atoms with Gasteiger partial charge in [-0.1, -0.05) is 0 Å². The summed E-state index contributed by atoms with van der Waals surface area (Å²) in [5, 5.41) is 32.1. The molecule has 1 aromatic carbocycles. The minimum atomic E-state index is -1.83. The molecular weight excluding hydrogens is 337 g/mol. The van der Waals surface area contributed by atoms with E-state index in [1.54, 1.807) is 0 Å². The molecule has 0 unspecified atom stereocenters. The van der Waals surface area contributed by atoms with Crippen LogP contribution in [0.4, 0.5) is 21.5 Å². The summed E-state index contributed by atoms with van der Waals surface area (Å²) < 4.78 is 17.3. The van der Waals surface area contributed by atoms with Crippen LogP contribution in [0.15, 0.2) is 4.47 Å². The van der Waals surface area contributed by atoms with Gasteiger partial charge in [0.25, 0.3) is 11.6 Å². The summed E-state index contributed by atoms with van der Waals surface area (Å²) >= 11 is 2.48. The van der Waals surface area contributed by atoms with Crippen LogP contribution in [-0.2, 0) is 0 Å². The fraction of sp³-hybridized carbons (Fsp3) is 0.143. The molecule has 1 rings (SSSR count). The van der Waals surface area contributed by atoms with E-state index in [4.69, 9.17) is 0 Å². The van der Waals surface area contributed by atoms with Crippen LogP contribution in [0.25, 0.3) is 0 Å². The molecule has 0 aliphatic carbocycles. The van der Waals surface area contributed by atoms with Crippen molar-refractivity contribution in [3.8, 4) is 5.75 Å². The van der Waals surface area contributed by atoms with Gasteiger partial charge in [0.1, 0.15) is 0 Å². The summed E-state index contributed by atoms with van der Waals surface area (Å²) in [4.78, 5) is 28.3. The minimum absolute atomic E-state index is 0.840. The predicted molar refractivity (Wildman–Crippen MR) is 60.6 cm³/mol. The molecule has 0 aliphatic rings. The van der Waals surface area contributed by atoms with Gasteiger partial charge in [0.15, 0.2) is 4.47 Å². The van der Waals surface area contributed by atoms with Gasteiger partial charge in [0.2, 0.25) is 0 Å². The fourth-order valence-electron chi connectivity index (χ4n) is 1.31. The van der Waals surface area contributed by atoms with Gasteiger partial charge in [-0.2, -0.15) is 4.39 Å². The first-order valence-electron chi connectivity index (χ1n) is 4.26. The molecule has 102 valence electrons. The highest BCUT2D eigenvalue weighted by molar-refractivity contribution is 9.10. The Bertz CT molecular complexity index is 564. The van der Waals surface area contributed by atoms with Crippen LogP contribution in [0, 0.1) is 36.2 Å². The Balaban J connectivity index is 3.99. The summed E-state index contributed by atoms with van der Waals surface area (Å²) in [5.74, 6) is -2.84. The Hall–Kier alpha value is -2.37. The fourth-order valence-corrected chi connectivity index (χ4v) is 1.96. The number of hydrogen-bond acceptors (Lipinski definition) is 7. The molecule has 0 bridgehead atoms. The lowest BCUT2D eigenvalue weighted by Gasteiger charge is -2.06. The number of methoxy groups -OCH3 is 1. The maximum atomic E-state index is 13.7. The molecule has 0 saturated carbocycles. The van der Waals surface area contributed by atoms with E-state index in [-0.39, 0.29) is 0 Å². The largest absolute Gasteiger partial charge is 0.485 e. The van der Waals surface area contributed by atoms with E-state index in [9.17, 15) is 34.7 Å².